The molecule has 1 nitrogen and oxygen atoms in total. The summed E-state index contributed by atoms with van der Waals surface area (Å²) < 4.78 is 1.97. The van der Waals surface area contributed by atoms with Crippen LogP contribution in [0.25, 0.3) is 0 Å². The number of rotatable bonds is 2. The molecule has 0 unspecified atom stereocenters. The molecule has 0 heterocycles. The third-order valence-electron chi connectivity index (χ3n) is 0.283. The van der Waals surface area contributed by atoms with Gasteiger partial charge < -0.3 is 0 Å². The molecular weight excluding hydrogens is 201 g/mol. The maximum atomic E-state index is 5.29. The molecular formula is C5H9IN-. The van der Waals surface area contributed by atoms with E-state index < -0.39 is 0 Å². The molecule has 0 aromatic rings. The van der Waals surface area contributed by atoms with Crippen LogP contribution in [0.2, 0.25) is 0 Å². The van der Waals surface area contributed by atoms with Gasteiger partial charge in [0, 0.05) is 0 Å². The molecule has 0 amide bonds. The zero-order valence-corrected chi connectivity index (χ0v) is 6.53. The predicted molar refractivity (Wildman–Crippen MR) is 28.1 cm³/mol. The Hall–Kier alpha value is 0.01000. The Bertz CT molecular complexity index is 84.3. The van der Waals surface area contributed by atoms with E-state index in [4.69, 9.17) is 5.73 Å². The Morgan fingerprint density at radius 2 is 2.00 bits per heavy atom. The molecule has 0 aliphatic heterocycles. The molecule has 0 aliphatic rings. The molecule has 0 saturated heterocycles. The summed E-state index contributed by atoms with van der Waals surface area (Å²) in [5.74, 6) is 0. The van der Waals surface area contributed by atoms with Crippen molar-refractivity contribution in [2.75, 3.05) is 0 Å². The van der Waals surface area contributed by atoms with Gasteiger partial charge in [0.05, 0.1) is 0 Å². The number of nitrogens with two attached hydrogens (primary N) is 1. The van der Waals surface area contributed by atoms with Crippen molar-refractivity contribution in [2.45, 2.75) is 6.92 Å². The fraction of sp³-hybridized carbons (Fsp3) is 0.200. The average molecular weight is 210 g/mol. The number of halogens is 1. The molecule has 0 aromatic carbocycles. The summed E-state index contributed by atoms with van der Waals surface area (Å²) in [5, 5.41) is 0. The topological polar surface area (TPSA) is 26.0 Å². The first-order chi connectivity index (χ1) is 3.13. The molecule has 0 saturated carbocycles. The van der Waals surface area contributed by atoms with Crippen LogP contribution in [0.4, 0.5) is 0 Å². The van der Waals surface area contributed by atoms with E-state index in [9.17, 15) is 0 Å². The Morgan fingerprint density at radius 1 is 1.57 bits per heavy atom. The van der Waals surface area contributed by atoms with Gasteiger partial charge >= 0.3 is 54.3 Å². The fourth-order valence-corrected chi connectivity index (χ4v) is 1.39. The molecule has 0 spiro atoms. The predicted octanol–water partition coefficient (Wildman–Crippen LogP) is -1.96. The SMILES string of the molecule is C=C(C)[I-]C(=C)N. The molecule has 0 atom stereocenters. The van der Waals surface area contributed by atoms with Gasteiger partial charge in [-0.25, -0.2) is 0 Å². The van der Waals surface area contributed by atoms with Crippen molar-refractivity contribution in [3.8, 4) is 0 Å². The summed E-state index contributed by atoms with van der Waals surface area (Å²) in [5.41, 5.74) is 5.29. The molecule has 7 heavy (non-hydrogen) atoms. The molecule has 0 aromatic heterocycles. The van der Waals surface area contributed by atoms with Crippen LogP contribution in [0.5, 0.6) is 0 Å². The van der Waals surface area contributed by atoms with E-state index in [1.807, 2.05) is 6.92 Å². The van der Waals surface area contributed by atoms with E-state index in [2.05, 4.69) is 13.2 Å². The molecule has 0 rings (SSSR count). The number of hydrogen-bond acceptors (Lipinski definition) is 1. The van der Waals surface area contributed by atoms with Crippen molar-refractivity contribution in [2.24, 2.45) is 5.73 Å². The van der Waals surface area contributed by atoms with E-state index in [0.29, 0.717) is 0 Å². The van der Waals surface area contributed by atoms with E-state index >= 15 is 0 Å². The molecule has 0 bridgehead atoms. The van der Waals surface area contributed by atoms with Crippen molar-refractivity contribution in [1.82, 2.24) is 0 Å². The summed E-state index contributed by atoms with van der Waals surface area (Å²) in [6, 6.07) is 0. The average Bonchev–Trinajstić information content (AvgIpc) is 1.27. The van der Waals surface area contributed by atoms with Gasteiger partial charge in [0.1, 0.15) is 0 Å². The molecule has 2 heteroatoms. The summed E-state index contributed by atoms with van der Waals surface area (Å²) in [6.45, 7) is 9.24. The van der Waals surface area contributed by atoms with Gasteiger partial charge in [-0.15, -0.1) is 0 Å². The van der Waals surface area contributed by atoms with E-state index in [1.165, 1.54) is 3.58 Å². The Morgan fingerprint density at radius 3 is 2.00 bits per heavy atom. The maximum absolute atomic E-state index is 5.29. The van der Waals surface area contributed by atoms with Gasteiger partial charge in [-0.1, -0.05) is 0 Å². The molecule has 0 radical (unpaired) electrons. The van der Waals surface area contributed by atoms with E-state index in [-0.39, 0.29) is 21.2 Å². The molecule has 42 valence electrons. The number of hydrogen-bond donors (Lipinski definition) is 1. The summed E-state index contributed by atoms with van der Waals surface area (Å²) in [4.78, 5) is 0. The van der Waals surface area contributed by atoms with Crippen LogP contribution >= 0.6 is 0 Å². The first-order valence-corrected chi connectivity index (χ1v) is 4.03. The van der Waals surface area contributed by atoms with Crippen LogP contribution in [0.1, 0.15) is 6.92 Å². The van der Waals surface area contributed by atoms with E-state index in [0.717, 1.165) is 3.70 Å². The Balaban J connectivity index is 3.32. The zero-order chi connectivity index (χ0) is 5.86. The third kappa shape index (κ3) is 6.01. The van der Waals surface area contributed by atoms with Crippen LogP contribution in [0, 0.1) is 0 Å². The fourth-order valence-electron chi connectivity index (χ4n) is 0.207. The van der Waals surface area contributed by atoms with Gasteiger partial charge in [-0.05, 0) is 0 Å². The van der Waals surface area contributed by atoms with Crippen LogP contribution in [-0.2, 0) is 0 Å². The molecule has 0 fully saturated rings. The van der Waals surface area contributed by atoms with Crippen LogP contribution < -0.4 is 26.9 Å². The van der Waals surface area contributed by atoms with Gasteiger partial charge in [0.15, 0.2) is 0 Å². The summed E-state index contributed by atoms with van der Waals surface area (Å²) in [7, 11) is 0. The summed E-state index contributed by atoms with van der Waals surface area (Å²) in [6.07, 6.45) is 0. The monoisotopic (exact) mass is 210 g/mol. The molecule has 0 aliphatic carbocycles. The van der Waals surface area contributed by atoms with Crippen molar-refractivity contribution < 1.29 is 21.2 Å². The quantitative estimate of drug-likeness (QED) is 0.415. The minimum absolute atomic E-state index is 0.106. The number of allylic oxidation sites excluding steroid dienone is 1. The van der Waals surface area contributed by atoms with Crippen molar-refractivity contribution in [1.29, 1.82) is 0 Å². The Labute approximate surface area is 54.5 Å². The van der Waals surface area contributed by atoms with Crippen LogP contribution in [0.15, 0.2) is 20.4 Å². The van der Waals surface area contributed by atoms with Gasteiger partial charge in [0.2, 0.25) is 0 Å². The second-order valence-electron chi connectivity index (χ2n) is 1.22. The van der Waals surface area contributed by atoms with Crippen molar-refractivity contribution in [3.05, 3.63) is 20.4 Å². The van der Waals surface area contributed by atoms with Crippen LogP contribution in [-0.4, -0.2) is 0 Å². The van der Waals surface area contributed by atoms with Gasteiger partial charge in [0.25, 0.3) is 0 Å². The summed E-state index contributed by atoms with van der Waals surface area (Å²) >= 11 is -0.106. The van der Waals surface area contributed by atoms with Crippen LogP contribution in [0.3, 0.4) is 0 Å². The standard InChI is InChI=1S/C5H9IN/c1-4(2)6-5(3)7/h1,3,7H2,2H3/q-1. The van der Waals surface area contributed by atoms with Crippen molar-refractivity contribution in [3.63, 3.8) is 0 Å². The van der Waals surface area contributed by atoms with Crippen molar-refractivity contribution >= 4 is 0 Å². The van der Waals surface area contributed by atoms with E-state index in [1.54, 1.807) is 0 Å². The van der Waals surface area contributed by atoms with Gasteiger partial charge in [-0.2, -0.15) is 0 Å². The van der Waals surface area contributed by atoms with Gasteiger partial charge in [-0.3, -0.25) is 0 Å². The third-order valence-corrected chi connectivity index (χ3v) is 1.90. The Kier molecular flexibility index (Phi) is 3.07. The normalized spacial score (nSPS) is 8.71. The minimum atomic E-state index is -0.106. The second kappa shape index (κ2) is 3.07. The zero-order valence-electron chi connectivity index (χ0n) is 4.37. The first-order valence-electron chi connectivity index (χ1n) is 1.87. The second-order valence-corrected chi connectivity index (χ2v) is 4.98. The first kappa shape index (κ1) is 7.01. The molecule has 2 N–H and O–H groups in total.